The van der Waals surface area contributed by atoms with E-state index >= 15 is 0 Å². The molecule has 1 aromatic heterocycles. The predicted molar refractivity (Wildman–Crippen MR) is 115 cm³/mol. The molecule has 3 heterocycles. The summed E-state index contributed by atoms with van der Waals surface area (Å²) in [6.45, 7) is 8.48. The number of benzene rings is 1. The zero-order chi connectivity index (χ0) is 20.5. The number of rotatable bonds is 5. The van der Waals surface area contributed by atoms with Crippen LogP contribution in [0, 0.1) is 25.7 Å². The number of amides is 1. The molecule has 0 bridgehead atoms. The molecule has 29 heavy (non-hydrogen) atoms. The number of aryl methyl sites for hydroxylation is 2. The molecule has 2 fully saturated rings. The lowest BCUT2D eigenvalue weighted by Gasteiger charge is -2.31. The van der Waals surface area contributed by atoms with Crippen molar-refractivity contribution >= 4 is 5.91 Å². The summed E-state index contributed by atoms with van der Waals surface area (Å²) in [6.07, 6.45) is 0. The van der Waals surface area contributed by atoms with Crippen molar-refractivity contribution in [2.24, 2.45) is 11.8 Å². The largest absolute Gasteiger partial charge is 0.334 e. The Morgan fingerprint density at radius 3 is 2.59 bits per heavy atom. The number of carbonyl (C=O) groups excluding carboxylic acids is 1. The van der Waals surface area contributed by atoms with Gasteiger partial charge in [-0.1, -0.05) is 30.3 Å². The average molecular weight is 393 g/mol. The van der Waals surface area contributed by atoms with Crippen LogP contribution in [0.15, 0.2) is 42.5 Å². The smallest absolute Gasteiger partial charge is 0.237 e. The SMILES string of the molecule is Cc1cccc(CN2C[C@@H]3CN(C(=O)CN(C)C)[C@@H](c4ccccc4C)[C@@H]3C2)n1. The van der Waals surface area contributed by atoms with E-state index < -0.39 is 0 Å². The van der Waals surface area contributed by atoms with E-state index in [2.05, 4.69) is 58.1 Å². The van der Waals surface area contributed by atoms with Crippen LogP contribution >= 0.6 is 0 Å². The van der Waals surface area contributed by atoms with Gasteiger partial charge in [0.2, 0.25) is 5.91 Å². The summed E-state index contributed by atoms with van der Waals surface area (Å²) in [5.41, 5.74) is 4.79. The number of fused-ring (bicyclic) bond motifs is 1. The predicted octanol–water partition coefficient (Wildman–Crippen LogP) is 2.89. The number of nitrogens with zero attached hydrogens (tertiary/aromatic N) is 4. The van der Waals surface area contributed by atoms with Gasteiger partial charge in [0.1, 0.15) is 0 Å². The van der Waals surface area contributed by atoms with Gasteiger partial charge in [-0.2, -0.15) is 0 Å². The number of pyridine rings is 1. The number of aromatic nitrogens is 1. The molecule has 1 aromatic carbocycles. The van der Waals surface area contributed by atoms with Gasteiger partial charge >= 0.3 is 0 Å². The number of hydrogen-bond acceptors (Lipinski definition) is 4. The van der Waals surface area contributed by atoms with Crippen LogP contribution in [-0.2, 0) is 11.3 Å². The van der Waals surface area contributed by atoms with E-state index in [-0.39, 0.29) is 11.9 Å². The Hall–Kier alpha value is -2.24. The molecule has 5 nitrogen and oxygen atoms in total. The quantitative estimate of drug-likeness (QED) is 0.784. The number of carbonyl (C=O) groups is 1. The van der Waals surface area contributed by atoms with E-state index in [4.69, 9.17) is 0 Å². The molecule has 2 aromatic rings. The maximum absolute atomic E-state index is 13.1. The first-order chi connectivity index (χ1) is 13.9. The zero-order valence-corrected chi connectivity index (χ0v) is 18.0. The Morgan fingerprint density at radius 2 is 1.86 bits per heavy atom. The second kappa shape index (κ2) is 8.25. The van der Waals surface area contributed by atoms with Gasteiger partial charge in [0.15, 0.2) is 0 Å². The van der Waals surface area contributed by atoms with Crippen LogP contribution in [0.3, 0.4) is 0 Å². The summed E-state index contributed by atoms with van der Waals surface area (Å²) in [4.78, 5) is 24.4. The van der Waals surface area contributed by atoms with Crippen molar-refractivity contribution < 1.29 is 4.79 Å². The average Bonchev–Trinajstić information content (AvgIpc) is 3.19. The van der Waals surface area contributed by atoms with Gasteiger partial charge in [-0.3, -0.25) is 14.7 Å². The first-order valence-electron chi connectivity index (χ1n) is 10.6. The van der Waals surface area contributed by atoms with E-state index in [1.54, 1.807) is 0 Å². The van der Waals surface area contributed by atoms with Crippen molar-refractivity contribution in [2.75, 3.05) is 40.3 Å². The van der Waals surface area contributed by atoms with E-state index in [0.29, 0.717) is 18.4 Å². The fraction of sp³-hybridized carbons (Fsp3) is 0.500. The minimum absolute atomic E-state index is 0.170. The maximum atomic E-state index is 13.1. The van der Waals surface area contributed by atoms with E-state index in [1.807, 2.05) is 32.0 Å². The zero-order valence-electron chi connectivity index (χ0n) is 18.0. The molecule has 2 aliphatic heterocycles. The Morgan fingerprint density at radius 1 is 1.07 bits per heavy atom. The van der Waals surface area contributed by atoms with Crippen LogP contribution in [0.1, 0.15) is 28.6 Å². The van der Waals surface area contributed by atoms with Gasteiger partial charge in [-0.25, -0.2) is 0 Å². The van der Waals surface area contributed by atoms with E-state index in [0.717, 1.165) is 37.6 Å². The molecule has 1 amide bonds. The van der Waals surface area contributed by atoms with Crippen LogP contribution < -0.4 is 0 Å². The molecule has 2 saturated heterocycles. The minimum Gasteiger partial charge on any atom is -0.334 e. The highest BCUT2D eigenvalue weighted by atomic mass is 16.2. The summed E-state index contributed by atoms with van der Waals surface area (Å²) < 4.78 is 0. The molecule has 0 N–H and O–H groups in total. The van der Waals surface area contributed by atoms with Crippen molar-refractivity contribution in [1.82, 2.24) is 19.7 Å². The van der Waals surface area contributed by atoms with Crippen LogP contribution in [0.2, 0.25) is 0 Å². The second-order valence-corrected chi connectivity index (χ2v) is 8.97. The number of likely N-dealkylation sites (tertiary alicyclic amines) is 2. The first kappa shape index (κ1) is 20.0. The van der Waals surface area contributed by atoms with Gasteiger partial charge in [-0.05, 0) is 57.1 Å². The summed E-state index contributed by atoms with van der Waals surface area (Å²) in [5, 5.41) is 0. The fourth-order valence-electron chi connectivity index (χ4n) is 5.12. The molecular formula is C24H32N4O. The Labute approximate surface area is 174 Å². The lowest BCUT2D eigenvalue weighted by molar-refractivity contribution is -0.133. The lowest BCUT2D eigenvalue weighted by Crippen LogP contribution is -2.40. The van der Waals surface area contributed by atoms with Crippen molar-refractivity contribution in [3.63, 3.8) is 0 Å². The lowest BCUT2D eigenvalue weighted by atomic mass is 9.87. The van der Waals surface area contributed by atoms with Crippen molar-refractivity contribution in [1.29, 1.82) is 0 Å². The summed E-state index contributed by atoms with van der Waals surface area (Å²) >= 11 is 0. The maximum Gasteiger partial charge on any atom is 0.237 e. The molecule has 0 spiro atoms. The Bertz CT molecular complexity index is 881. The molecule has 4 rings (SSSR count). The van der Waals surface area contributed by atoms with Crippen molar-refractivity contribution in [3.8, 4) is 0 Å². The highest BCUT2D eigenvalue weighted by Gasteiger charge is 2.49. The van der Waals surface area contributed by atoms with Crippen LogP contribution in [0.4, 0.5) is 0 Å². The summed E-state index contributed by atoms with van der Waals surface area (Å²) in [6, 6.07) is 15.0. The van der Waals surface area contributed by atoms with Gasteiger partial charge in [-0.15, -0.1) is 0 Å². The molecule has 0 aliphatic carbocycles. The highest BCUT2D eigenvalue weighted by Crippen LogP contribution is 2.46. The van der Waals surface area contributed by atoms with Crippen LogP contribution in [0.25, 0.3) is 0 Å². The second-order valence-electron chi connectivity index (χ2n) is 8.97. The van der Waals surface area contributed by atoms with E-state index in [9.17, 15) is 4.79 Å². The molecule has 0 unspecified atom stereocenters. The van der Waals surface area contributed by atoms with Gasteiger partial charge in [0.25, 0.3) is 0 Å². The normalized spacial score (nSPS) is 24.3. The van der Waals surface area contributed by atoms with Gasteiger partial charge in [0.05, 0.1) is 18.3 Å². The molecule has 154 valence electrons. The third-order valence-corrected chi connectivity index (χ3v) is 6.35. The number of hydrogen-bond donors (Lipinski definition) is 0. The summed E-state index contributed by atoms with van der Waals surface area (Å²) in [5.74, 6) is 1.24. The van der Waals surface area contributed by atoms with E-state index in [1.165, 1.54) is 11.1 Å². The molecule has 3 atom stereocenters. The minimum atomic E-state index is 0.170. The van der Waals surface area contributed by atoms with Gasteiger partial charge in [0, 0.05) is 37.8 Å². The topological polar surface area (TPSA) is 39.7 Å². The monoisotopic (exact) mass is 392 g/mol. The Balaban J connectivity index is 1.57. The molecule has 0 saturated carbocycles. The first-order valence-corrected chi connectivity index (χ1v) is 10.6. The third kappa shape index (κ3) is 4.21. The molecular weight excluding hydrogens is 360 g/mol. The molecule has 0 radical (unpaired) electrons. The van der Waals surface area contributed by atoms with Crippen molar-refractivity contribution in [3.05, 3.63) is 65.0 Å². The molecule has 5 heteroatoms. The standard InChI is InChI=1S/C24H32N4O/c1-17-8-5-6-11-21(17)24-22-15-27(14-20-10-7-9-18(2)25-20)12-19(22)13-28(24)23(29)16-26(3)4/h5-11,19,22,24H,12-16H2,1-4H3/t19-,22-,24+/m1/s1. The molecule has 2 aliphatic rings. The summed E-state index contributed by atoms with van der Waals surface area (Å²) in [7, 11) is 3.93. The van der Waals surface area contributed by atoms with Crippen LogP contribution in [-0.4, -0.2) is 65.9 Å². The Kier molecular flexibility index (Phi) is 5.70. The highest BCUT2D eigenvalue weighted by molar-refractivity contribution is 5.79. The third-order valence-electron chi connectivity index (χ3n) is 6.35. The number of likely N-dealkylation sites (N-methyl/N-ethyl adjacent to an activating group) is 1. The fourth-order valence-corrected chi connectivity index (χ4v) is 5.12. The van der Waals surface area contributed by atoms with Crippen molar-refractivity contribution in [2.45, 2.75) is 26.4 Å². The van der Waals surface area contributed by atoms with Gasteiger partial charge < -0.3 is 9.80 Å². The van der Waals surface area contributed by atoms with Crippen LogP contribution in [0.5, 0.6) is 0 Å².